The number of carboxylic acids is 1. The molecule has 2 nitrogen and oxygen atoms in total. The molecular formula is C13H20O2. The van der Waals surface area contributed by atoms with Crippen LogP contribution in [0.4, 0.5) is 0 Å². The van der Waals surface area contributed by atoms with Crippen molar-refractivity contribution in [2.75, 3.05) is 0 Å². The van der Waals surface area contributed by atoms with Gasteiger partial charge in [-0.15, -0.1) is 0 Å². The molecule has 6 aliphatic rings. The van der Waals surface area contributed by atoms with Crippen LogP contribution >= 0.6 is 0 Å². The van der Waals surface area contributed by atoms with E-state index in [2.05, 4.69) is 0 Å². The van der Waals surface area contributed by atoms with Gasteiger partial charge in [0.2, 0.25) is 0 Å². The van der Waals surface area contributed by atoms with E-state index in [1.165, 1.54) is 38.5 Å². The number of rotatable bonds is 1. The Morgan fingerprint density at radius 2 is 1.47 bits per heavy atom. The standard InChI is InChI=1S/C13H20O2/c14-12(15)13-7-5-10(6-8-13)9-1-3-11(13)4-2-9/h9-11H,1-8H2,(H,14,15). The van der Waals surface area contributed by atoms with E-state index in [1.807, 2.05) is 0 Å². The van der Waals surface area contributed by atoms with Crippen molar-refractivity contribution in [3.05, 3.63) is 0 Å². The molecule has 0 amide bonds. The van der Waals surface area contributed by atoms with Crippen molar-refractivity contribution in [3.63, 3.8) is 0 Å². The maximum atomic E-state index is 11.6. The molecule has 0 heterocycles. The molecule has 6 fully saturated rings. The zero-order chi connectivity index (χ0) is 10.5. The summed E-state index contributed by atoms with van der Waals surface area (Å²) in [4.78, 5) is 11.6. The fourth-order valence-electron chi connectivity index (χ4n) is 4.57. The summed E-state index contributed by atoms with van der Waals surface area (Å²) in [6.45, 7) is 0. The van der Waals surface area contributed by atoms with Crippen LogP contribution in [0.2, 0.25) is 0 Å². The van der Waals surface area contributed by atoms with Crippen molar-refractivity contribution in [2.24, 2.45) is 23.2 Å². The molecule has 6 rings (SSSR count). The van der Waals surface area contributed by atoms with Gasteiger partial charge in [0.15, 0.2) is 0 Å². The van der Waals surface area contributed by atoms with E-state index < -0.39 is 5.97 Å². The van der Waals surface area contributed by atoms with Crippen molar-refractivity contribution < 1.29 is 9.90 Å². The third-order valence-corrected chi connectivity index (χ3v) is 5.57. The van der Waals surface area contributed by atoms with Crippen molar-refractivity contribution in [3.8, 4) is 0 Å². The molecule has 6 aliphatic carbocycles. The van der Waals surface area contributed by atoms with Crippen LogP contribution in [0.3, 0.4) is 0 Å². The first-order valence-corrected chi connectivity index (χ1v) is 6.46. The SMILES string of the molecule is O=C(O)C12CCC(CC1)C1CCC2CC1. The molecule has 15 heavy (non-hydrogen) atoms. The molecule has 84 valence electrons. The second-order valence-corrected chi connectivity index (χ2v) is 5.91. The largest absolute Gasteiger partial charge is 0.481 e. The van der Waals surface area contributed by atoms with Crippen LogP contribution in [0.25, 0.3) is 0 Å². The number of hydrogen-bond acceptors (Lipinski definition) is 1. The zero-order valence-corrected chi connectivity index (χ0v) is 9.24. The van der Waals surface area contributed by atoms with Crippen molar-refractivity contribution in [1.82, 2.24) is 0 Å². The number of aliphatic carboxylic acids is 1. The van der Waals surface area contributed by atoms with E-state index in [9.17, 15) is 9.90 Å². The molecule has 0 atom stereocenters. The van der Waals surface area contributed by atoms with E-state index in [4.69, 9.17) is 0 Å². The van der Waals surface area contributed by atoms with E-state index >= 15 is 0 Å². The first-order valence-electron chi connectivity index (χ1n) is 6.46. The highest BCUT2D eigenvalue weighted by atomic mass is 16.4. The third-order valence-electron chi connectivity index (χ3n) is 5.57. The second-order valence-electron chi connectivity index (χ2n) is 5.91. The van der Waals surface area contributed by atoms with Gasteiger partial charge in [0.1, 0.15) is 0 Å². The lowest BCUT2D eigenvalue weighted by Crippen LogP contribution is -2.47. The van der Waals surface area contributed by atoms with Gasteiger partial charge >= 0.3 is 5.97 Å². The van der Waals surface area contributed by atoms with Crippen LogP contribution in [0.15, 0.2) is 0 Å². The molecule has 0 aromatic carbocycles. The molecule has 0 aliphatic heterocycles. The Kier molecular flexibility index (Phi) is 2.08. The number of carboxylic acid groups (broad SMARTS) is 1. The average molecular weight is 208 g/mol. The molecular weight excluding hydrogens is 188 g/mol. The van der Waals surface area contributed by atoms with Crippen molar-refractivity contribution in [2.45, 2.75) is 51.4 Å². The topological polar surface area (TPSA) is 37.3 Å². The minimum Gasteiger partial charge on any atom is -0.481 e. The summed E-state index contributed by atoms with van der Waals surface area (Å²) in [6, 6.07) is 0. The van der Waals surface area contributed by atoms with Crippen LogP contribution < -0.4 is 0 Å². The molecule has 4 bridgehead atoms. The lowest BCUT2D eigenvalue weighted by molar-refractivity contribution is -0.161. The predicted octanol–water partition coefficient (Wildman–Crippen LogP) is 3.07. The number of hydrogen-bond donors (Lipinski definition) is 1. The Bertz CT molecular complexity index is 268. The lowest BCUT2D eigenvalue weighted by Gasteiger charge is -2.51. The maximum absolute atomic E-state index is 11.6. The van der Waals surface area contributed by atoms with Crippen molar-refractivity contribution in [1.29, 1.82) is 0 Å². The predicted molar refractivity (Wildman–Crippen MR) is 57.5 cm³/mol. The molecule has 0 saturated heterocycles. The van der Waals surface area contributed by atoms with Crippen LogP contribution in [-0.2, 0) is 4.79 Å². The fourth-order valence-corrected chi connectivity index (χ4v) is 4.57. The Labute approximate surface area is 91.1 Å². The van der Waals surface area contributed by atoms with Crippen LogP contribution in [-0.4, -0.2) is 11.1 Å². The van der Waals surface area contributed by atoms with E-state index in [0.29, 0.717) is 5.92 Å². The summed E-state index contributed by atoms with van der Waals surface area (Å²) >= 11 is 0. The first-order chi connectivity index (χ1) is 7.22. The van der Waals surface area contributed by atoms with E-state index in [-0.39, 0.29) is 5.41 Å². The zero-order valence-electron chi connectivity index (χ0n) is 9.24. The summed E-state index contributed by atoms with van der Waals surface area (Å²) in [7, 11) is 0. The summed E-state index contributed by atoms with van der Waals surface area (Å²) in [5.74, 6) is 1.80. The smallest absolute Gasteiger partial charge is 0.309 e. The minimum absolute atomic E-state index is 0.318. The van der Waals surface area contributed by atoms with Gasteiger partial charge in [0, 0.05) is 0 Å². The Morgan fingerprint density at radius 1 is 0.933 bits per heavy atom. The van der Waals surface area contributed by atoms with Crippen LogP contribution in [0, 0.1) is 23.2 Å². The lowest BCUT2D eigenvalue weighted by atomic mass is 9.53. The monoisotopic (exact) mass is 208 g/mol. The van der Waals surface area contributed by atoms with Gasteiger partial charge in [-0.3, -0.25) is 4.79 Å². The highest BCUT2D eigenvalue weighted by molar-refractivity contribution is 5.75. The summed E-state index contributed by atoms with van der Waals surface area (Å²) in [5.41, 5.74) is -0.318. The van der Waals surface area contributed by atoms with E-state index in [1.54, 1.807) is 0 Å². The molecule has 2 heteroatoms. The number of carbonyl (C=O) groups is 1. The second kappa shape index (κ2) is 3.23. The molecule has 6 saturated carbocycles. The van der Waals surface area contributed by atoms with Gasteiger partial charge in [-0.05, 0) is 69.1 Å². The average Bonchev–Trinajstić information content (AvgIpc) is 2.24. The highest BCUT2D eigenvalue weighted by Crippen LogP contribution is 2.56. The Hall–Kier alpha value is -0.530. The maximum Gasteiger partial charge on any atom is 0.309 e. The minimum atomic E-state index is -0.494. The normalized spacial score (nSPS) is 48.7. The van der Waals surface area contributed by atoms with Crippen LogP contribution in [0.5, 0.6) is 0 Å². The Balaban J connectivity index is 1.97. The Morgan fingerprint density at radius 3 is 2.00 bits per heavy atom. The summed E-state index contributed by atoms with van der Waals surface area (Å²) in [5, 5.41) is 9.55. The van der Waals surface area contributed by atoms with Crippen molar-refractivity contribution >= 4 is 5.97 Å². The van der Waals surface area contributed by atoms with E-state index in [0.717, 1.165) is 24.7 Å². The fraction of sp³-hybridized carbons (Fsp3) is 0.923. The highest BCUT2D eigenvalue weighted by Gasteiger charge is 2.52. The molecule has 0 unspecified atom stereocenters. The first kappa shape index (κ1) is 9.68. The van der Waals surface area contributed by atoms with Gasteiger partial charge < -0.3 is 5.11 Å². The van der Waals surface area contributed by atoms with Gasteiger partial charge in [-0.1, -0.05) is 0 Å². The van der Waals surface area contributed by atoms with Gasteiger partial charge in [0.25, 0.3) is 0 Å². The molecule has 1 N–H and O–H groups in total. The van der Waals surface area contributed by atoms with Gasteiger partial charge in [-0.25, -0.2) is 0 Å². The summed E-state index contributed by atoms with van der Waals surface area (Å²) < 4.78 is 0. The van der Waals surface area contributed by atoms with Crippen LogP contribution in [0.1, 0.15) is 51.4 Å². The molecule has 0 aromatic heterocycles. The molecule has 0 radical (unpaired) electrons. The third kappa shape index (κ3) is 1.26. The quantitative estimate of drug-likeness (QED) is 0.719. The van der Waals surface area contributed by atoms with Gasteiger partial charge in [0.05, 0.1) is 5.41 Å². The molecule has 0 aromatic rings. The van der Waals surface area contributed by atoms with Gasteiger partial charge in [-0.2, -0.15) is 0 Å². The molecule has 0 spiro atoms. The summed E-state index contributed by atoms with van der Waals surface area (Å²) in [6.07, 6.45) is 9.30.